The zero-order chi connectivity index (χ0) is 32.7. The molecule has 2 nitrogen and oxygen atoms in total. The average Bonchev–Trinajstić information content (AvgIpc) is 3.50. The van der Waals surface area contributed by atoms with E-state index in [4.69, 9.17) is 0 Å². The van der Waals surface area contributed by atoms with Gasteiger partial charge in [-0.25, -0.2) is 0 Å². The van der Waals surface area contributed by atoms with Crippen molar-refractivity contribution in [3.63, 3.8) is 0 Å². The molecule has 0 fully saturated rings. The number of benzene rings is 8. The maximum Gasteiger partial charge on any atom is 0.0547 e. The number of rotatable bonds is 6. The van der Waals surface area contributed by atoms with E-state index in [1.165, 1.54) is 77.3 Å². The van der Waals surface area contributed by atoms with E-state index in [2.05, 4.69) is 199 Å². The van der Waals surface area contributed by atoms with Crippen molar-refractivity contribution in [3.05, 3.63) is 188 Å². The molecule has 232 valence electrons. The molecule has 0 aliphatic heterocycles. The van der Waals surface area contributed by atoms with Crippen molar-refractivity contribution >= 4 is 44.0 Å². The fourth-order valence-corrected chi connectivity index (χ4v) is 7.13. The third kappa shape index (κ3) is 5.24. The molecule has 0 aliphatic rings. The highest BCUT2D eigenvalue weighted by molar-refractivity contribution is 6.14. The van der Waals surface area contributed by atoms with E-state index < -0.39 is 0 Å². The highest BCUT2D eigenvalue weighted by Gasteiger charge is 2.15. The molecule has 0 bridgehead atoms. The second kappa shape index (κ2) is 12.0. The van der Waals surface area contributed by atoms with Gasteiger partial charge >= 0.3 is 0 Å². The Hall–Kier alpha value is -6.38. The molecule has 0 unspecified atom stereocenters. The molecule has 0 N–H and O–H groups in total. The topological polar surface area (TPSA) is 8.17 Å². The van der Waals surface area contributed by atoms with E-state index in [-0.39, 0.29) is 0 Å². The van der Waals surface area contributed by atoms with Crippen molar-refractivity contribution in [1.82, 2.24) is 4.57 Å². The number of nitrogens with zero attached hydrogens (tertiary/aromatic N) is 2. The number of fused-ring (bicyclic) bond motifs is 4. The Kier molecular flexibility index (Phi) is 7.06. The van der Waals surface area contributed by atoms with Crippen LogP contribution in [0.5, 0.6) is 0 Å². The number of aromatic nitrogens is 1. The van der Waals surface area contributed by atoms with Crippen molar-refractivity contribution in [2.24, 2.45) is 0 Å². The predicted molar refractivity (Wildman–Crippen MR) is 209 cm³/mol. The third-order valence-corrected chi connectivity index (χ3v) is 9.81. The molecule has 0 saturated carbocycles. The molecule has 0 spiro atoms. The lowest BCUT2D eigenvalue weighted by atomic mass is 9.98. The highest BCUT2D eigenvalue weighted by Crippen LogP contribution is 2.38. The van der Waals surface area contributed by atoms with E-state index in [0.29, 0.717) is 0 Å². The lowest BCUT2D eigenvalue weighted by Gasteiger charge is -2.19. The van der Waals surface area contributed by atoms with Crippen molar-refractivity contribution in [2.45, 2.75) is 0 Å². The first-order valence-corrected chi connectivity index (χ1v) is 16.8. The van der Waals surface area contributed by atoms with Crippen molar-refractivity contribution in [2.75, 3.05) is 11.9 Å². The van der Waals surface area contributed by atoms with Gasteiger partial charge in [0.25, 0.3) is 0 Å². The quantitative estimate of drug-likeness (QED) is 0.178. The van der Waals surface area contributed by atoms with Gasteiger partial charge in [-0.15, -0.1) is 0 Å². The zero-order valence-electron chi connectivity index (χ0n) is 27.3. The Morgan fingerprint density at radius 2 is 0.796 bits per heavy atom. The lowest BCUT2D eigenvalue weighted by molar-refractivity contribution is 1.18. The van der Waals surface area contributed by atoms with Crippen molar-refractivity contribution in [3.8, 4) is 39.1 Å². The summed E-state index contributed by atoms with van der Waals surface area (Å²) < 4.78 is 2.41. The fraction of sp³-hybridized carbons (Fsp3) is 0.0213. The molecular weight excluding hydrogens is 593 g/mol. The van der Waals surface area contributed by atoms with Crippen LogP contribution in [-0.2, 0) is 0 Å². The van der Waals surface area contributed by atoms with Gasteiger partial charge in [-0.2, -0.15) is 0 Å². The molecule has 49 heavy (non-hydrogen) atoms. The summed E-state index contributed by atoms with van der Waals surface area (Å²) in [6.07, 6.45) is 0. The first-order chi connectivity index (χ1) is 24.2. The SMILES string of the molecule is CN(c1ccccc1)c1ccc(-c2ccc(-c3ccc4c(c3)c3cc5ccccc5cc3n4-c3ccc(-c4ccccc4)cc3)cc2)cc1. The van der Waals surface area contributed by atoms with Gasteiger partial charge in [0, 0.05) is 34.9 Å². The van der Waals surface area contributed by atoms with Crippen LogP contribution in [0.15, 0.2) is 188 Å². The molecule has 0 saturated heterocycles. The van der Waals surface area contributed by atoms with Gasteiger partial charge in [0.15, 0.2) is 0 Å². The summed E-state index contributed by atoms with van der Waals surface area (Å²) in [6, 6.07) is 68.0. The van der Waals surface area contributed by atoms with E-state index in [1.54, 1.807) is 0 Å². The largest absolute Gasteiger partial charge is 0.345 e. The number of anilines is 2. The van der Waals surface area contributed by atoms with Crippen LogP contribution >= 0.6 is 0 Å². The molecule has 9 aromatic rings. The van der Waals surface area contributed by atoms with Gasteiger partial charge in [0.1, 0.15) is 0 Å². The van der Waals surface area contributed by atoms with Gasteiger partial charge in [-0.3, -0.25) is 0 Å². The minimum Gasteiger partial charge on any atom is -0.345 e. The number of hydrogen-bond donors (Lipinski definition) is 0. The Balaban J connectivity index is 1.09. The van der Waals surface area contributed by atoms with Gasteiger partial charge in [0.2, 0.25) is 0 Å². The molecule has 1 aromatic heterocycles. The van der Waals surface area contributed by atoms with Crippen LogP contribution in [-0.4, -0.2) is 11.6 Å². The third-order valence-electron chi connectivity index (χ3n) is 9.81. The molecule has 1 heterocycles. The Morgan fingerprint density at radius 1 is 0.347 bits per heavy atom. The predicted octanol–water partition coefficient (Wildman–Crippen LogP) is 12.7. The van der Waals surface area contributed by atoms with Crippen LogP contribution in [0.2, 0.25) is 0 Å². The van der Waals surface area contributed by atoms with Gasteiger partial charge < -0.3 is 9.47 Å². The monoisotopic (exact) mass is 626 g/mol. The average molecular weight is 627 g/mol. The first kappa shape index (κ1) is 28.8. The summed E-state index contributed by atoms with van der Waals surface area (Å²) in [7, 11) is 2.11. The summed E-state index contributed by atoms with van der Waals surface area (Å²) in [6.45, 7) is 0. The molecule has 2 heteroatoms. The summed E-state index contributed by atoms with van der Waals surface area (Å²) in [5.74, 6) is 0. The van der Waals surface area contributed by atoms with Crippen LogP contribution in [0.25, 0.3) is 71.6 Å². The van der Waals surface area contributed by atoms with Gasteiger partial charge in [-0.1, -0.05) is 127 Å². The minimum absolute atomic E-state index is 1.16. The summed E-state index contributed by atoms with van der Waals surface area (Å²) in [5.41, 5.74) is 13.2. The van der Waals surface area contributed by atoms with Crippen LogP contribution in [0.3, 0.4) is 0 Å². The van der Waals surface area contributed by atoms with Crippen LogP contribution in [0, 0.1) is 0 Å². The summed E-state index contributed by atoms with van der Waals surface area (Å²) in [4.78, 5) is 2.21. The fourth-order valence-electron chi connectivity index (χ4n) is 7.13. The normalized spacial score (nSPS) is 11.4. The number of para-hydroxylation sites is 1. The molecule has 8 aromatic carbocycles. The van der Waals surface area contributed by atoms with Crippen molar-refractivity contribution in [1.29, 1.82) is 0 Å². The molecule has 0 radical (unpaired) electrons. The highest BCUT2D eigenvalue weighted by atomic mass is 15.1. The Morgan fingerprint density at radius 3 is 1.45 bits per heavy atom. The van der Waals surface area contributed by atoms with Gasteiger partial charge in [0.05, 0.1) is 11.0 Å². The van der Waals surface area contributed by atoms with Crippen LogP contribution in [0.1, 0.15) is 0 Å². The maximum absolute atomic E-state index is 2.41. The lowest BCUT2D eigenvalue weighted by Crippen LogP contribution is -2.08. The minimum atomic E-state index is 1.16. The zero-order valence-corrected chi connectivity index (χ0v) is 27.3. The van der Waals surface area contributed by atoms with E-state index in [0.717, 1.165) is 5.69 Å². The Bertz CT molecular complexity index is 2560. The summed E-state index contributed by atoms with van der Waals surface area (Å²) in [5, 5.41) is 5.02. The first-order valence-electron chi connectivity index (χ1n) is 16.8. The van der Waals surface area contributed by atoms with Crippen LogP contribution < -0.4 is 4.90 Å². The number of hydrogen-bond acceptors (Lipinski definition) is 1. The molecule has 0 atom stereocenters. The molecule has 0 aliphatic carbocycles. The molecule has 0 amide bonds. The second-order valence-corrected chi connectivity index (χ2v) is 12.7. The van der Waals surface area contributed by atoms with E-state index >= 15 is 0 Å². The molecule has 9 rings (SSSR count). The van der Waals surface area contributed by atoms with Crippen molar-refractivity contribution < 1.29 is 0 Å². The van der Waals surface area contributed by atoms with Crippen LogP contribution in [0.4, 0.5) is 11.4 Å². The van der Waals surface area contributed by atoms with Gasteiger partial charge in [-0.05, 0) is 105 Å². The van der Waals surface area contributed by atoms with E-state index in [9.17, 15) is 0 Å². The summed E-state index contributed by atoms with van der Waals surface area (Å²) >= 11 is 0. The Labute approximate surface area is 286 Å². The second-order valence-electron chi connectivity index (χ2n) is 12.7. The maximum atomic E-state index is 2.41. The molecular formula is C47H34N2. The van der Waals surface area contributed by atoms with E-state index in [1.807, 2.05) is 6.07 Å². The standard InChI is InChI=1S/C47H34N2/c1-48(41-14-6-3-7-15-41)42-25-20-36(21-26-42)34-16-18-37(19-17-34)40-24-29-46-44(31-40)45-30-38-12-8-9-13-39(38)32-47(45)49(46)43-27-22-35(23-28-43)33-10-4-2-5-11-33/h2-32H,1H3. The smallest absolute Gasteiger partial charge is 0.0547 e.